The van der Waals surface area contributed by atoms with Gasteiger partial charge in [-0.2, -0.15) is 0 Å². The first-order valence-corrected chi connectivity index (χ1v) is 13.0. The molecule has 1 atom stereocenters. The molecule has 0 N–H and O–H groups in total. The summed E-state index contributed by atoms with van der Waals surface area (Å²) in [6, 6.07) is 8.39. The average Bonchev–Trinajstić information content (AvgIpc) is 3.22. The van der Waals surface area contributed by atoms with Gasteiger partial charge in [-0.25, -0.2) is 4.98 Å². The van der Waals surface area contributed by atoms with Gasteiger partial charge in [-0.3, -0.25) is 19.2 Å². The molecule has 0 amide bonds. The monoisotopic (exact) mass is 486 g/mol. The van der Waals surface area contributed by atoms with Gasteiger partial charge in [-0.1, -0.05) is 29.8 Å². The highest BCUT2D eigenvalue weighted by Crippen LogP contribution is 2.35. The Bertz CT molecular complexity index is 1170. The Morgan fingerprint density at radius 1 is 1.18 bits per heavy atom. The Morgan fingerprint density at radius 2 is 2.00 bits per heavy atom. The number of aromatic nitrogens is 2. The molecule has 0 unspecified atom stereocenters. The number of piperazine rings is 1. The Balaban J connectivity index is 1.29. The molecule has 1 aliphatic carbocycles. The van der Waals surface area contributed by atoms with Gasteiger partial charge in [0.15, 0.2) is 0 Å². The number of nitrogens with zero attached hydrogens (tertiary/aromatic N) is 4. The zero-order valence-electron chi connectivity index (χ0n) is 19.1. The number of hydrogen-bond acceptors (Lipinski definition) is 6. The van der Waals surface area contributed by atoms with Crippen molar-refractivity contribution in [1.29, 1.82) is 0 Å². The topological polar surface area (TPSA) is 50.6 Å². The maximum atomic E-state index is 13.3. The van der Waals surface area contributed by atoms with E-state index in [9.17, 15) is 4.79 Å². The second-order valence-corrected chi connectivity index (χ2v) is 10.5. The lowest BCUT2D eigenvalue weighted by Gasteiger charge is -2.40. The molecule has 5 rings (SSSR count). The lowest BCUT2D eigenvalue weighted by atomic mass is 9.91. The Labute approximate surface area is 203 Å². The largest absolute Gasteiger partial charge is 0.383 e. The minimum atomic E-state index is 0.0924. The maximum absolute atomic E-state index is 13.3. The van der Waals surface area contributed by atoms with E-state index < -0.39 is 0 Å². The molecule has 2 aliphatic rings. The predicted molar refractivity (Wildman–Crippen MR) is 135 cm³/mol. The molecule has 0 spiro atoms. The van der Waals surface area contributed by atoms with E-state index in [1.165, 1.54) is 10.4 Å². The fraction of sp³-hybridized carbons (Fsp3) is 0.520. The molecule has 3 aromatic rings. The van der Waals surface area contributed by atoms with Gasteiger partial charge in [-0.05, 0) is 42.9 Å². The molecule has 0 bridgehead atoms. The molecule has 176 valence electrons. The van der Waals surface area contributed by atoms with E-state index in [0.29, 0.717) is 12.6 Å². The summed E-state index contributed by atoms with van der Waals surface area (Å²) in [5.74, 6) is 0. The number of methoxy groups -OCH3 is 1. The van der Waals surface area contributed by atoms with Crippen LogP contribution in [0, 0.1) is 0 Å². The molecule has 0 radical (unpaired) electrons. The third-order valence-electron chi connectivity index (χ3n) is 7.12. The highest BCUT2D eigenvalue weighted by Gasteiger charge is 2.30. The number of rotatable bonds is 7. The number of ether oxygens (including phenoxy) is 1. The third kappa shape index (κ3) is 4.88. The molecule has 0 saturated carbocycles. The summed E-state index contributed by atoms with van der Waals surface area (Å²) in [7, 11) is 1.77. The van der Waals surface area contributed by atoms with E-state index in [2.05, 4.69) is 14.8 Å². The number of fused-ring (bicyclic) bond motifs is 3. The Kier molecular flexibility index (Phi) is 7.13. The molecule has 8 heteroatoms. The molecular formula is C25H31ClN4O2S. The highest BCUT2D eigenvalue weighted by molar-refractivity contribution is 7.18. The van der Waals surface area contributed by atoms with Crippen molar-refractivity contribution in [2.75, 3.05) is 46.4 Å². The van der Waals surface area contributed by atoms with E-state index in [1.54, 1.807) is 29.3 Å². The van der Waals surface area contributed by atoms with Gasteiger partial charge in [-0.15, -0.1) is 11.3 Å². The highest BCUT2D eigenvalue weighted by atomic mass is 35.5. The molecule has 2 aromatic heterocycles. The van der Waals surface area contributed by atoms with Crippen molar-refractivity contribution < 1.29 is 4.74 Å². The normalized spacial score (nSPS) is 19.8. The standard InChI is InChI=1S/C25H31ClN4O2S/c1-32-15-14-28-10-12-29(13-11-28)19-6-7-20-22(16-19)33-24-23(20)25(31)30(17-27-24)9-8-18-4-2-3-5-21(18)26/h2-5,17,19H,6-16H2,1H3/t19-/m0/s1. The van der Waals surface area contributed by atoms with Crippen LogP contribution < -0.4 is 5.56 Å². The number of thiophene rings is 1. The molecule has 1 saturated heterocycles. The van der Waals surface area contributed by atoms with Crippen LogP contribution in [-0.4, -0.2) is 71.8 Å². The summed E-state index contributed by atoms with van der Waals surface area (Å²) >= 11 is 8.02. The molecule has 1 aliphatic heterocycles. The first-order chi connectivity index (χ1) is 16.1. The van der Waals surface area contributed by atoms with Crippen LogP contribution in [0.2, 0.25) is 5.02 Å². The number of aryl methyl sites for hydroxylation is 3. The van der Waals surface area contributed by atoms with Crippen molar-refractivity contribution in [3.63, 3.8) is 0 Å². The van der Waals surface area contributed by atoms with Gasteiger partial charge < -0.3 is 4.74 Å². The quantitative estimate of drug-likeness (QED) is 0.511. The molecule has 33 heavy (non-hydrogen) atoms. The third-order valence-corrected chi connectivity index (χ3v) is 8.66. The number of hydrogen-bond donors (Lipinski definition) is 0. The van der Waals surface area contributed by atoms with Crippen LogP contribution in [0.1, 0.15) is 22.4 Å². The molecule has 1 aromatic carbocycles. The minimum Gasteiger partial charge on any atom is -0.383 e. The van der Waals surface area contributed by atoms with Crippen LogP contribution in [0.4, 0.5) is 0 Å². The summed E-state index contributed by atoms with van der Waals surface area (Å²) in [6.45, 7) is 6.85. The summed E-state index contributed by atoms with van der Waals surface area (Å²) in [5, 5.41) is 1.59. The van der Waals surface area contributed by atoms with Crippen LogP contribution in [0.3, 0.4) is 0 Å². The van der Waals surface area contributed by atoms with Crippen molar-refractivity contribution in [3.05, 3.63) is 62.0 Å². The Hall–Kier alpha value is -1.77. The maximum Gasteiger partial charge on any atom is 0.262 e. The van der Waals surface area contributed by atoms with Gasteiger partial charge in [0.05, 0.1) is 18.3 Å². The first-order valence-electron chi connectivity index (χ1n) is 11.8. The van der Waals surface area contributed by atoms with Gasteiger partial charge in [0.1, 0.15) is 4.83 Å². The summed E-state index contributed by atoms with van der Waals surface area (Å²) < 4.78 is 6.98. The average molecular weight is 487 g/mol. The first kappa shape index (κ1) is 23.0. The van der Waals surface area contributed by atoms with E-state index in [4.69, 9.17) is 16.3 Å². The van der Waals surface area contributed by atoms with Gasteiger partial charge >= 0.3 is 0 Å². The minimum absolute atomic E-state index is 0.0924. The molecule has 6 nitrogen and oxygen atoms in total. The smallest absolute Gasteiger partial charge is 0.262 e. The SMILES string of the molecule is COCCN1CCN([C@H]2CCc3c(sc4ncn(CCc5ccccc5Cl)c(=O)c34)C2)CC1. The van der Waals surface area contributed by atoms with Gasteiger partial charge in [0.2, 0.25) is 0 Å². The molecule has 3 heterocycles. The van der Waals surface area contributed by atoms with E-state index in [-0.39, 0.29) is 5.56 Å². The van der Waals surface area contributed by atoms with E-state index >= 15 is 0 Å². The summed E-state index contributed by atoms with van der Waals surface area (Å²) in [6.07, 6.45) is 5.55. The zero-order chi connectivity index (χ0) is 22.8. The second kappa shape index (κ2) is 10.2. The van der Waals surface area contributed by atoms with Crippen LogP contribution in [-0.2, 0) is 30.5 Å². The van der Waals surface area contributed by atoms with Crippen LogP contribution in [0.15, 0.2) is 35.4 Å². The van der Waals surface area contributed by atoms with Crippen molar-refractivity contribution in [2.24, 2.45) is 0 Å². The van der Waals surface area contributed by atoms with Crippen molar-refractivity contribution in [2.45, 2.75) is 38.3 Å². The van der Waals surface area contributed by atoms with Gasteiger partial charge in [0, 0.05) is 62.3 Å². The lowest BCUT2D eigenvalue weighted by molar-refractivity contribution is 0.0707. The number of halogens is 1. The number of benzene rings is 1. The zero-order valence-corrected chi connectivity index (χ0v) is 20.7. The van der Waals surface area contributed by atoms with Crippen LogP contribution in [0.25, 0.3) is 10.2 Å². The van der Waals surface area contributed by atoms with Gasteiger partial charge in [0.25, 0.3) is 5.56 Å². The fourth-order valence-electron chi connectivity index (χ4n) is 5.17. The second-order valence-electron chi connectivity index (χ2n) is 9.04. The Morgan fingerprint density at radius 3 is 2.79 bits per heavy atom. The van der Waals surface area contributed by atoms with E-state index in [0.717, 1.165) is 85.8 Å². The molecule has 1 fully saturated rings. The predicted octanol–water partition coefficient (Wildman–Crippen LogP) is 3.48. The fourth-order valence-corrected chi connectivity index (χ4v) is 6.65. The van der Waals surface area contributed by atoms with Crippen molar-refractivity contribution in [3.8, 4) is 0 Å². The van der Waals surface area contributed by atoms with Crippen LogP contribution >= 0.6 is 22.9 Å². The lowest BCUT2D eigenvalue weighted by Crippen LogP contribution is -2.52. The summed E-state index contributed by atoms with van der Waals surface area (Å²) in [4.78, 5) is 25.4. The summed E-state index contributed by atoms with van der Waals surface area (Å²) in [5.41, 5.74) is 2.40. The van der Waals surface area contributed by atoms with Crippen LogP contribution in [0.5, 0.6) is 0 Å². The van der Waals surface area contributed by atoms with Crippen molar-refractivity contribution in [1.82, 2.24) is 19.4 Å². The van der Waals surface area contributed by atoms with E-state index in [1.807, 2.05) is 24.3 Å². The van der Waals surface area contributed by atoms with Crippen molar-refractivity contribution >= 4 is 33.2 Å². The molecular weight excluding hydrogens is 456 g/mol.